The molecule has 0 amide bonds. The summed E-state index contributed by atoms with van der Waals surface area (Å²) >= 11 is 1.52. The highest BCUT2D eigenvalue weighted by atomic mass is 32.2. The third kappa shape index (κ3) is 4.25. The van der Waals surface area contributed by atoms with E-state index in [1.165, 1.54) is 27.9 Å². The number of fused-ring (bicyclic) bond motifs is 1. The van der Waals surface area contributed by atoms with Gasteiger partial charge in [-0.25, -0.2) is 8.42 Å². The van der Waals surface area contributed by atoms with Gasteiger partial charge in [0.1, 0.15) is 0 Å². The molecule has 1 heterocycles. The predicted octanol–water partition coefficient (Wildman–Crippen LogP) is 3.68. The van der Waals surface area contributed by atoms with Gasteiger partial charge in [-0.05, 0) is 55.7 Å². The van der Waals surface area contributed by atoms with Crippen LogP contribution in [0.25, 0.3) is 0 Å². The zero-order valence-electron chi connectivity index (χ0n) is 14.4. The molecular formula is C19H21NO3S2. The van der Waals surface area contributed by atoms with Crippen LogP contribution in [0.3, 0.4) is 0 Å². The number of aryl methyl sites for hydroxylation is 2. The number of ketones is 1. The average Bonchev–Trinajstić information content (AvgIpc) is 2.59. The second-order valence-corrected chi connectivity index (χ2v) is 9.26. The zero-order valence-corrected chi connectivity index (χ0v) is 16.0. The van der Waals surface area contributed by atoms with Crippen LogP contribution in [0.1, 0.15) is 27.9 Å². The van der Waals surface area contributed by atoms with Crippen LogP contribution in [0.4, 0.5) is 5.69 Å². The van der Waals surface area contributed by atoms with Crippen molar-refractivity contribution < 1.29 is 13.2 Å². The third-order valence-electron chi connectivity index (χ3n) is 4.27. The van der Waals surface area contributed by atoms with Gasteiger partial charge in [0.25, 0.3) is 0 Å². The van der Waals surface area contributed by atoms with Gasteiger partial charge < -0.3 is 0 Å². The number of anilines is 1. The first kappa shape index (κ1) is 18.0. The number of thioether (sulfide) groups is 1. The quantitative estimate of drug-likeness (QED) is 0.591. The second kappa shape index (κ2) is 7.22. The smallest absolute Gasteiger partial charge is 0.232 e. The normalized spacial score (nSPS) is 14.2. The van der Waals surface area contributed by atoms with Gasteiger partial charge in [0.05, 0.1) is 17.7 Å². The summed E-state index contributed by atoms with van der Waals surface area (Å²) in [5.41, 5.74) is 3.48. The van der Waals surface area contributed by atoms with Crippen molar-refractivity contribution in [1.29, 1.82) is 0 Å². The lowest BCUT2D eigenvalue weighted by Gasteiger charge is -2.29. The molecule has 4 nitrogen and oxygen atoms in total. The van der Waals surface area contributed by atoms with Crippen molar-refractivity contribution in [2.75, 3.05) is 22.9 Å². The number of carbonyl (C=O) groups excluding carboxylic acids is 1. The van der Waals surface area contributed by atoms with Crippen molar-refractivity contribution in [3.8, 4) is 0 Å². The van der Waals surface area contributed by atoms with E-state index >= 15 is 0 Å². The Morgan fingerprint density at radius 3 is 2.56 bits per heavy atom. The number of nitrogens with zero attached hydrogens (tertiary/aromatic N) is 1. The molecule has 0 radical (unpaired) electrons. The van der Waals surface area contributed by atoms with Crippen molar-refractivity contribution in [3.63, 3.8) is 0 Å². The van der Waals surface area contributed by atoms with Gasteiger partial charge in [0.2, 0.25) is 10.0 Å². The Balaban J connectivity index is 1.75. The fourth-order valence-electron chi connectivity index (χ4n) is 2.95. The van der Waals surface area contributed by atoms with Gasteiger partial charge >= 0.3 is 0 Å². The molecule has 6 heteroatoms. The van der Waals surface area contributed by atoms with Crippen LogP contribution in [0.2, 0.25) is 0 Å². The SMILES string of the molecule is Cc1ccc(SCC(=O)c2ccc3c(c2)CCCN3S(C)(=O)=O)cc1. The number of rotatable bonds is 5. The summed E-state index contributed by atoms with van der Waals surface area (Å²) in [4.78, 5) is 13.6. The molecule has 25 heavy (non-hydrogen) atoms. The number of hydrogen-bond acceptors (Lipinski definition) is 4. The first-order chi connectivity index (χ1) is 11.8. The maximum Gasteiger partial charge on any atom is 0.232 e. The zero-order chi connectivity index (χ0) is 18.0. The van der Waals surface area contributed by atoms with Gasteiger partial charge in [-0.15, -0.1) is 11.8 Å². The molecule has 0 aliphatic carbocycles. The van der Waals surface area contributed by atoms with Crippen molar-refractivity contribution in [3.05, 3.63) is 59.2 Å². The van der Waals surface area contributed by atoms with Crippen LogP contribution in [-0.4, -0.2) is 32.8 Å². The molecule has 0 bridgehead atoms. The van der Waals surface area contributed by atoms with Crippen LogP contribution >= 0.6 is 11.8 Å². The van der Waals surface area contributed by atoms with Gasteiger partial charge in [-0.2, -0.15) is 0 Å². The molecule has 0 atom stereocenters. The number of Topliss-reactive ketones (excluding diaryl/α,β-unsaturated/α-hetero) is 1. The number of benzene rings is 2. The maximum absolute atomic E-state index is 12.5. The van der Waals surface area contributed by atoms with E-state index in [0.29, 0.717) is 23.5 Å². The summed E-state index contributed by atoms with van der Waals surface area (Å²) in [5, 5.41) is 0. The third-order valence-corrected chi connectivity index (χ3v) is 6.46. The molecule has 0 saturated heterocycles. The summed E-state index contributed by atoms with van der Waals surface area (Å²) in [5.74, 6) is 0.433. The Labute approximate surface area is 153 Å². The fraction of sp³-hybridized carbons (Fsp3) is 0.316. The van der Waals surface area contributed by atoms with Gasteiger partial charge in [-0.3, -0.25) is 9.10 Å². The Kier molecular flexibility index (Phi) is 5.20. The van der Waals surface area contributed by atoms with Crippen LogP contribution < -0.4 is 4.31 Å². The maximum atomic E-state index is 12.5. The molecule has 132 valence electrons. The predicted molar refractivity (Wildman–Crippen MR) is 103 cm³/mol. The minimum atomic E-state index is -3.28. The average molecular weight is 376 g/mol. The topological polar surface area (TPSA) is 54.5 Å². The van der Waals surface area contributed by atoms with Crippen molar-refractivity contribution >= 4 is 33.3 Å². The van der Waals surface area contributed by atoms with Crippen LogP contribution in [0.5, 0.6) is 0 Å². The van der Waals surface area contributed by atoms with E-state index in [1.807, 2.05) is 37.3 Å². The van der Waals surface area contributed by atoms with Crippen LogP contribution in [0.15, 0.2) is 47.4 Å². The highest BCUT2D eigenvalue weighted by molar-refractivity contribution is 8.00. The van der Waals surface area contributed by atoms with Gasteiger partial charge in [0.15, 0.2) is 5.78 Å². The second-order valence-electron chi connectivity index (χ2n) is 6.31. The van der Waals surface area contributed by atoms with E-state index in [0.717, 1.165) is 23.3 Å². The minimum absolute atomic E-state index is 0.0601. The molecule has 0 unspecified atom stereocenters. The Morgan fingerprint density at radius 1 is 1.16 bits per heavy atom. The Bertz CT molecular complexity index is 889. The summed E-state index contributed by atoms with van der Waals surface area (Å²) in [6.45, 7) is 2.54. The van der Waals surface area contributed by atoms with Crippen molar-refractivity contribution in [1.82, 2.24) is 0 Å². The first-order valence-corrected chi connectivity index (χ1v) is 11.0. The van der Waals surface area contributed by atoms with E-state index in [2.05, 4.69) is 0 Å². The van der Waals surface area contributed by atoms with E-state index in [4.69, 9.17) is 0 Å². The molecule has 0 N–H and O–H groups in total. The van der Waals surface area contributed by atoms with E-state index in [9.17, 15) is 13.2 Å². The fourth-order valence-corrected chi connectivity index (χ4v) is 4.74. The molecule has 0 fully saturated rings. The molecule has 3 rings (SSSR count). The summed E-state index contributed by atoms with van der Waals surface area (Å²) in [7, 11) is -3.28. The molecule has 0 saturated carbocycles. The highest BCUT2D eigenvalue weighted by Crippen LogP contribution is 2.30. The standard InChI is InChI=1S/C19H21NO3S2/c1-14-5-8-17(9-6-14)24-13-19(21)16-7-10-18-15(12-16)4-3-11-20(18)25(2,22)23/h5-10,12H,3-4,11,13H2,1-2H3. The lowest BCUT2D eigenvalue weighted by Crippen LogP contribution is -2.34. The number of sulfonamides is 1. The molecular weight excluding hydrogens is 354 g/mol. The van der Waals surface area contributed by atoms with E-state index < -0.39 is 10.0 Å². The Hall–Kier alpha value is -1.79. The lowest BCUT2D eigenvalue weighted by atomic mass is 9.99. The molecule has 2 aromatic rings. The van der Waals surface area contributed by atoms with E-state index in [-0.39, 0.29) is 5.78 Å². The van der Waals surface area contributed by atoms with Crippen molar-refractivity contribution in [2.24, 2.45) is 0 Å². The van der Waals surface area contributed by atoms with E-state index in [1.54, 1.807) is 12.1 Å². The highest BCUT2D eigenvalue weighted by Gasteiger charge is 2.24. The first-order valence-electron chi connectivity index (χ1n) is 8.18. The molecule has 2 aromatic carbocycles. The molecule has 0 aromatic heterocycles. The minimum Gasteiger partial charge on any atom is -0.293 e. The summed E-state index contributed by atoms with van der Waals surface area (Å²) in [6.07, 6.45) is 2.79. The lowest BCUT2D eigenvalue weighted by molar-refractivity contribution is 0.102. The Morgan fingerprint density at radius 2 is 1.88 bits per heavy atom. The summed E-state index contributed by atoms with van der Waals surface area (Å²) in [6, 6.07) is 13.5. The molecule has 0 spiro atoms. The van der Waals surface area contributed by atoms with Gasteiger partial charge in [0, 0.05) is 17.0 Å². The van der Waals surface area contributed by atoms with Crippen LogP contribution in [-0.2, 0) is 16.4 Å². The monoisotopic (exact) mass is 375 g/mol. The summed E-state index contributed by atoms with van der Waals surface area (Å²) < 4.78 is 25.2. The van der Waals surface area contributed by atoms with Crippen LogP contribution in [0, 0.1) is 6.92 Å². The molecule has 1 aliphatic rings. The number of carbonyl (C=O) groups is 1. The van der Waals surface area contributed by atoms with Crippen molar-refractivity contribution in [2.45, 2.75) is 24.7 Å². The van der Waals surface area contributed by atoms with Gasteiger partial charge in [-0.1, -0.05) is 17.7 Å². The number of hydrogen-bond donors (Lipinski definition) is 0. The largest absolute Gasteiger partial charge is 0.293 e. The molecule has 1 aliphatic heterocycles.